The molecule has 1 unspecified atom stereocenters. The third kappa shape index (κ3) is 1.86. The first kappa shape index (κ1) is 9.29. The van der Waals surface area contributed by atoms with E-state index in [4.69, 9.17) is 11.8 Å². The van der Waals surface area contributed by atoms with Crippen molar-refractivity contribution in [3.63, 3.8) is 0 Å². The highest BCUT2D eigenvalue weighted by atomic mass is 14.6. The van der Waals surface area contributed by atoms with Crippen molar-refractivity contribution >= 4 is 5.69 Å². The van der Waals surface area contributed by atoms with Gasteiger partial charge in [0.05, 0.1) is 18.6 Å². The first-order valence-electron chi connectivity index (χ1n) is 4.19. The van der Waals surface area contributed by atoms with Crippen molar-refractivity contribution in [1.29, 1.82) is 5.26 Å². The predicted octanol–water partition coefficient (Wildman–Crippen LogP) is 3.25. The average Bonchev–Trinajstić information content (AvgIpc) is 2.20. The minimum absolute atomic E-state index is 0.148. The molecular formula is C11H10N2. The Morgan fingerprint density at radius 1 is 1.54 bits per heavy atom. The van der Waals surface area contributed by atoms with Crippen molar-refractivity contribution in [2.45, 2.75) is 19.3 Å². The van der Waals surface area contributed by atoms with Crippen molar-refractivity contribution in [2.75, 3.05) is 0 Å². The van der Waals surface area contributed by atoms with Crippen LogP contribution in [0.2, 0.25) is 0 Å². The Morgan fingerprint density at radius 2 is 2.23 bits per heavy atom. The fourth-order valence-corrected chi connectivity index (χ4v) is 1.26. The van der Waals surface area contributed by atoms with Gasteiger partial charge in [0.25, 0.3) is 0 Å². The van der Waals surface area contributed by atoms with E-state index in [9.17, 15) is 0 Å². The maximum atomic E-state index is 8.85. The lowest BCUT2D eigenvalue weighted by Gasteiger charge is -2.07. The largest absolute Gasteiger partial charge is 0.238 e. The summed E-state index contributed by atoms with van der Waals surface area (Å²) in [6.45, 7) is 8.90. The average molecular weight is 170 g/mol. The zero-order chi connectivity index (χ0) is 9.68. The summed E-state index contributed by atoms with van der Waals surface area (Å²) in [5.41, 5.74) is 1.44. The van der Waals surface area contributed by atoms with Crippen LogP contribution in [0.25, 0.3) is 4.85 Å². The summed E-state index contributed by atoms with van der Waals surface area (Å²) in [6, 6.07) is 9.49. The van der Waals surface area contributed by atoms with Gasteiger partial charge >= 0.3 is 0 Å². The minimum atomic E-state index is -0.148. The van der Waals surface area contributed by atoms with Crippen LogP contribution in [-0.2, 0) is 0 Å². The Labute approximate surface area is 78.3 Å². The fraction of sp³-hybridized carbons (Fsp3) is 0.273. The van der Waals surface area contributed by atoms with Crippen molar-refractivity contribution in [1.82, 2.24) is 0 Å². The van der Waals surface area contributed by atoms with E-state index in [1.165, 1.54) is 0 Å². The lowest BCUT2D eigenvalue weighted by molar-refractivity contribution is 0.821. The van der Waals surface area contributed by atoms with Gasteiger partial charge < -0.3 is 0 Å². The van der Waals surface area contributed by atoms with Crippen molar-refractivity contribution in [3.05, 3.63) is 41.2 Å². The van der Waals surface area contributed by atoms with Crippen LogP contribution in [0, 0.1) is 17.9 Å². The Bertz CT molecular complexity index is 368. The molecule has 0 aliphatic carbocycles. The maximum Gasteiger partial charge on any atom is 0.191 e. The predicted molar refractivity (Wildman–Crippen MR) is 51.3 cm³/mol. The van der Waals surface area contributed by atoms with Crippen LogP contribution >= 0.6 is 0 Å². The number of hydrogen-bond acceptors (Lipinski definition) is 1. The molecule has 0 aliphatic heterocycles. The quantitative estimate of drug-likeness (QED) is 0.626. The highest BCUT2D eigenvalue weighted by Gasteiger charge is 2.11. The summed E-state index contributed by atoms with van der Waals surface area (Å²) >= 11 is 0. The highest BCUT2D eigenvalue weighted by Crippen LogP contribution is 2.28. The Morgan fingerprint density at radius 3 is 2.77 bits per heavy atom. The maximum absolute atomic E-state index is 8.85. The summed E-state index contributed by atoms with van der Waals surface area (Å²) in [6.07, 6.45) is 0.753. The minimum Gasteiger partial charge on any atom is -0.238 e. The van der Waals surface area contributed by atoms with Crippen LogP contribution in [0.1, 0.15) is 24.8 Å². The summed E-state index contributed by atoms with van der Waals surface area (Å²) in [7, 11) is 0. The lowest BCUT2D eigenvalue weighted by Crippen LogP contribution is -1.92. The van der Waals surface area contributed by atoms with Crippen LogP contribution in [-0.4, -0.2) is 0 Å². The van der Waals surface area contributed by atoms with Gasteiger partial charge in [-0.15, -0.1) is 0 Å². The summed E-state index contributed by atoms with van der Waals surface area (Å²) in [5.74, 6) is -0.148. The van der Waals surface area contributed by atoms with Crippen LogP contribution in [0.4, 0.5) is 5.69 Å². The molecule has 0 aromatic heterocycles. The smallest absolute Gasteiger partial charge is 0.191 e. The van der Waals surface area contributed by atoms with Gasteiger partial charge in [-0.25, -0.2) is 4.85 Å². The molecule has 1 aromatic rings. The molecule has 1 aromatic carbocycles. The Kier molecular flexibility index (Phi) is 3.06. The summed E-state index contributed by atoms with van der Waals surface area (Å²) in [4.78, 5) is 3.39. The highest BCUT2D eigenvalue weighted by molar-refractivity contribution is 5.54. The molecule has 0 spiro atoms. The SMILES string of the molecule is [C-]#[N+]c1ccccc1C(C#N)CC. The summed E-state index contributed by atoms with van der Waals surface area (Å²) in [5, 5.41) is 8.85. The second kappa shape index (κ2) is 4.28. The van der Waals surface area contributed by atoms with Gasteiger partial charge in [0.1, 0.15) is 0 Å². The zero-order valence-electron chi connectivity index (χ0n) is 7.49. The van der Waals surface area contributed by atoms with Crippen LogP contribution in [0.5, 0.6) is 0 Å². The van der Waals surface area contributed by atoms with Crippen molar-refractivity contribution in [3.8, 4) is 6.07 Å². The molecule has 2 nitrogen and oxygen atoms in total. The van der Waals surface area contributed by atoms with Gasteiger partial charge in [0.2, 0.25) is 0 Å². The van der Waals surface area contributed by atoms with Gasteiger partial charge in [-0.1, -0.05) is 31.2 Å². The standard InChI is InChI=1S/C11H10N2/c1-3-9(8-12)10-6-4-5-7-11(10)13-2/h4-7,9H,3H2,1H3. The van der Waals surface area contributed by atoms with Crippen LogP contribution in [0.3, 0.4) is 0 Å². The van der Waals surface area contributed by atoms with E-state index in [-0.39, 0.29) is 5.92 Å². The number of benzene rings is 1. The van der Waals surface area contributed by atoms with Gasteiger partial charge in [-0.2, -0.15) is 5.26 Å². The van der Waals surface area contributed by atoms with Crippen LogP contribution in [0.15, 0.2) is 24.3 Å². The molecule has 0 fully saturated rings. The van der Waals surface area contributed by atoms with E-state index in [0.29, 0.717) is 5.69 Å². The third-order valence-electron chi connectivity index (χ3n) is 2.00. The zero-order valence-corrected chi connectivity index (χ0v) is 7.49. The molecule has 0 saturated carbocycles. The molecule has 1 rings (SSSR count). The number of hydrogen-bond donors (Lipinski definition) is 0. The van der Waals surface area contributed by atoms with E-state index in [2.05, 4.69) is 10.9 Å². The van der Waals surface area contributed by atoms with Gasteiger partial charge in [0, 0.05) is 0 Å². The molecule has 13 heavy (non-hydrogen) atoms. The normalized spacial score (nSPS) is 11.3. The van der Waals surface area contributed by atoms with E-state index in [0.717, 1.165) is 12.0 Å². The molecule has 2 heteroatoms. The number of rotatable bonds is 2. The second-order valence-electron chi connectivity index (χ2n) is 2.76. The van der Waals surface area contributed by atoms with Crippen LogP contribution < -0.4 is 0 Å². The molecule has 64 valence electrons. The molecule has 0 bridgehead atoms. The van der Waals surface area contributed by atoms with E-state index < -0.39 is 0 Å². The molecular weight excluding hydrogens is 160 g/mol. The Hall–Kier alpha value is -1.80. The summed E-state index contributed by atoms with van der Waals surface area (Å²) < 4.78 is 0. The Balaban J connectivity index is 3.15. The number of nitriles is 1. The molecule has 0 radical (unpaired) electrons. The first-order chi connectivity index (χ1) is 6.33. The number of para-hydroxylation sites is 1. The van der Waals surface area contributed by atoms with Gasteiger partial charge in [-0.05, 0) is 12.0 Å². The first-order valence-corrected chi connectivity index (χ1v) is 4.19. The molecule has 0 saturated heterocycles. The molecule has 1 atom stereocenters. The second-order valence-corrected chi connectivity index (χ2v) is 2.76. The van der Waals surface area contributed by atoms with E-state index in [1.807, 2.05) is 25.1 Å². The van der Waals surface area contributed by atoms with Gasteiger partial charge in [0.15, 0.2) is 5.69 Å². The van der Waals surface area contributed by atoms with Crippen molar-refractivity contribution in [2.24, 2.45) is 0 Å². The fourth-order valence-electron chi connectivity index (χ4n) is 1.26. The molecule has 0 aliphatic rings. The monoisotopic (exact) mass is 170 g/mol. The topological polar surface area (TPSA) is 28.1 Å². The lowest BCUT2D eigenvalue weighted by atomic mass is 9.96. The third-order valence-corrected chi connectivity index (χ3v) is 2.00. The molecule has 0 amide bonds. The van der Waals surface area contributed by atoms with Gasteiger partial charge in [-0.3, -0.25) is 0 Å². The van der Waals surface area contributed by atoms with Crippen molar-refractivity contribution < 1.29 is 0 Å². The molecule has 0 N–H and O–H groups in total. The number of nitrogens with zero attached hydrogens (tertiary/aromatic N) is 2. The van der Waals surface area contributed by atoms with E-state index >= 15 is 0 Å². The van der Waals surface area contributed by atoms with E-state index in [1.54, 1.807) is 6.07 Å². The molecule has 0 heterocycles.